The van der Waals surface area contributed by atoms with Gasteiger partial charge in [-0.1, -0.05) is 6.07 Å². The van der Waals surface area contributed by atoms with Gasteiger partial charge in [0.1, 0.15) is 5.82 Å². The van der Waals surface area contributed by atoms with E-state index in [0.29, 0.717) is 12.2 Å². The molecule has 0 spiro atoms. The first kappa shape index (κ1) is 9.99. The highest BCUT2D eigenvalue weighted by molar-refractivity contribution is 5.47. The summed E-state index contributed by atoms with van der Waals surface area (Å²) in [6, 6.07) is 4.85. The van der Waals surface area contributed by atoms with Crippen molar-refractivity contribution in [3.8, 4) is 0 Å². The first-order valence-corrected chi connectivity index (χ1v) is 4.27. The Morgan fingerprint density at radius 3 is 2.85 bits per heavy atom. The van der Waals surface area contributed by atoms with E-state index in [2.05, 4.69) is 5.32 Å². The zero-order valence-electron chi connectivity index (χ0n) is 7.84. The highest BCUT2D eigenvalue weighted by Gasteiger charge is 2.02. The van der Waals surface area contributed by atoms with Gasteiger partial charge in [0.15, 0.2) is 0 Å². The number of rotatable bonds is 3. The van der Waals surface area contributed by atoms with E-state index in [0.717, 1.165) is 5.56 Å². The Morgan fingerprint density at radius 1 is 1.54 bits per heavy atom. The predicted molar refractivity (Wildman–Crippen MR) is 51.3 cm³/mol. The quantitative estimate of drug-likeness (QED) is 0.750. The number of aliphatic hydroxyl groups is 1. The molecule has 0 saturated heterocycles. The van der Waals surface area contributed by atoms with E-state index < -0.39 is 6.10 Å². The summed E-state index contributed by atoms with van der Waals surface area (Å²) < 4.78 is 13.1. The average molecular weight is 183 g/mol. The summed E-state index contributed by atoms with van der Waals surface area (Å²) in [5.41, 5.74) is 1.44. The molecule has 0 aliphatic heterocycles. The van der Waals surface area contributed by atoms with Crippen LogP contribution >= 0.6 is 0 Å². The number of anilines is 1. The van der Waals surface area contributed by atoms with Crippen LogP contribution in [0.5, 0.6) is 0 Å². The third kappa shape index (κ3) is 3.03. The van der Waals surface area contributed by atoms with Gasteiger partial charge < -0.3 is 10.4 Å². The fourth-order valence-corrected chi connectivity index (χ4v) is 1.03. The smallest absolute Gasteiger partial charge is 0.146 e. The van der Waals surface area contributed by atoms with Crippen LogP contribution in [0.25, 0.3) is 0 Å². The van der Waals surface area contributed by atoms with Crippen LogP contribution in [-0.2, 0) is 0 Å². The Bertz CT molecular complexity index is 286. The topological polar surface area (TPSA) is 32.3 Å². The van der Waals surface area contributed by atoms with Gasteiger partial charge in [-0.15, -0.1) is 0 Å². The molecule has 2 N–H and O–H groups in total. The lowest BCUT2D eigenvalue weighted by molar-refractivity contribution is 0.208. The molecule has 0 aliphatic carbocycles. The summed E-state index contributed by atoms with van der Waals surface area (Å²) in [6.07, 6.45) is -0.472. The molecule has 0 amide bonds. The molecule has 0 unspecified atom stereocenters. The van der Waals surface area contributed by atoms with E-state index in [1.165, 1.54) is 6.07 Å². The number of halogens is 1. The Balaban J connectivity index is 2.70. The van der Waals surface area contributed by atoms with Crippen molar-refractivity contribution in [2.45, 2.75) is 20.0 Å². The first-order chi connectivity index (χ1) is 6.09. The van der Waals surface area contributed by atoms with Crippen LogP contribution in [0, 0.1) is 12.7 Å². The van der Waals surface area contributed by atoms with Crippen molar-refractivity contribution in [3.63, 3.8) is 0 Å². The van der Waals surface area contributed by atoms with Crippen molar-refractivity contribution in [2.24, 2.45) is 0 Å². The van der Waals surface area contributed by atoms with Crippen molar-refractivity contribution >= 4 is 5.69 Å². The van der Waals surface area contributed by atoms with Crippen molar-refractivity contribution in [1.82, 2.24) is 0 Å². The standard InChI is InChI=1S/C10H14FNO/c1-7-3-4-9(11)10(5-7)12-6-8(2)13/h3-5,8,12-13H,6H2,1-2H3/t8-/m1/s1. The van der Waals surface area contributed by atoms with Crippen LogP contribution in [0.2, 0.25) is 0 Å². The molecule has 0 saturated carbocycles. The second kappa shape index (κ2) is 4.23. The molecule has 3 heteroatoms. The summed E-state index contributed by atoms with van der Waals surface area (Å²) in [4.78, 5) is 0. The lowest BCUT2D eigenvalue weighted by atomic mass is 10.2. The molecule has 1 atom stereocenters. The van der Waals surface area contributed by atoms with Gasteiger partial charge in [0.2, 0.25) is 0 Å². The summed E-state index contributed by atoms with van der Waals surface area (Å²) in [5.74, 6) is -0.286. The van der Waals surface area contributed by atoms with E-state index in [1.807, 2.05) is 6.92 Å². The molecule has 72 valence electrons. The van der Waals surface area contributed by atoms with Gasteiger partial charge in [-0.25, -0.2) is 4.39 Å². The number of hydrogen-bond donors (Lipinski definition) is 2. The van der Waals surface area contributed by atoms with Gasteiger partial charge in [0.25, 0.3) is 0 Å². The van der Waals surface area contributed by atoms with Crippen LogP contribution in [0.4, 0.5) is 10.1 Å². The van der Waals surface area contributed by atoms with Crippen molar-refractivity contribution < 1.29 is 9.50 Å². The number of aliphatic hydroxyl groups excluding tert-OH is 1. The average Bonchev–Trinajstić information content (AvgIpc) is 2.06. The summed E-state index contributed by atoms with van der Waals surface area (Å²) in [7, 11) is 0. The molecule has 1 rings (SSSR count). The number of benzene rings is 1. The Labute approximate surface area is 77.4 Å². The van der Waals surface area contributed by atoms with E-state index >= 15 is 0 Å². The third-order valence-corrected chi connectivity index (χ3v) is 1.71. The van der Waals surface area contributed by atoms with Gasteiger partial charge >= 0.3 is 0 Å². The molecular formula is C10H14FNO. The normalized spacial score (nSPS) is 12.6. The monoisotopic (exact) mass is 183 g/mol. The molecule has 2 nitrogen and oxygen atoms in total. The minimum atomic E-state index is -0.472. The Hall–Kier alpha value is -1.09. The molecule has 0 radical (unpaired) electrons. The highest BCUT2D eigenvalue weighted by atomic mass is 19.1. The van der Waals surface area contributed by atoms with Crippen LogP contribution in [0.3, 0.4) is 0 Å². The maximum atomic E-state index is 13.1. The van der Waals surface area contributed by atoms with Crippen molar-refractivity contribution in [1.29, 1.82) is 0 Å². The largest absolute Gasteiger partial charge is 0.392 e. The molecule has 13 heavy (non-hydrogen) atoms. The Morgan fingerprint density at radius 2 is 2.23 bits per heavy atom. The molecule has 0 bridgehead atoms. The van der Waals surface area contributed by atoms with Crippen LogP contribution in [0.15, 0.2) is 18.2 Å². The molecular weight excluding hydrogens is 169 g/mol. The molecule has 0 fully saturated rings. The maximum absolute atomic E-state index is 13.1. The van der Waals surface area contributed by atoms with Gasteiger partial charge in [0, 0.05) is 6.54 Å². The minimum absolute atomic E-state index is 0.286. The maximum Gasteiger partial charge on any atom is 0.146 e. The zero-order valence-corrected chi connectivity index (χ0v) is 7.84. The van der Waals surface area contributed by atoms with E-state index in [4.69, 9.17) is 5.11 Å². The second-order valence-electron chi connectivity index (χ2n) is 3.21. The van der Waals surface area contributed by atoms with E-state index in [9.17, 15) is 4.39 Å². The van der Waals surface area contributed by atoms with Gasteiger partial charge in [-0.3, -0.25) is 0 Å². The van der Waals surface area contributed by atoms with Crippen LogP contribution in [-0.4, -0.2) is 17.8 Å². The first-order valence-electron chi connectivity index (χ1n) is 4.27. The van der Waals surface area contributed by atoms with E-state index in [1.54, 1.807) is 19.1 Å². The molecule has 0 aromatic heterocycles. The SMILES string of the molecule is Cc1ccc(F)c(NC[C@@H](C)O)c1. The van der Waals surface area contributed by atoms with Crippen LogP contribution < -0.4 is 5.32 Å². The Kier molecular flexibility index (Phi) is 3.25. The third-order valence-electron chi connectivity index (χ3n) is 1.71. The van der Waals surface area contributed by atoms with Crippen molar-refractivity contribution in [2.75, 3.05) is 11.9 Å². The molecule has 0 aliphatic rings. The van der Waals surface area contributed by atoms with Gasteiger partial charge in [-0.05, 0) is 31.5 Å². The number of nitrogens with one attached hydrogen (secondary N) is 1. The fourth-order valence-electron chi connectivity index (χ4n) is 1.03. The summed E-state index contributed by atoms with van der Waals surface area (Å²) in [6.45, 7) is 3.91. The lowest BCUT2D eigenvalue weighted by Gasteiger charge is -2.09. The molecule has 1 aromatic rings. The fraction of sp³-hybridized carbons (Fsp3) is 0.400. The molecule has 1 aromatic carbocycles. The highest BCUT2D eigenvalue weighted by Crippen LogP contribution is 2.15. The molecule has 0 heterocycles. The van der Waals surface area contributed by atoms with Gasteiger partial charge in [-0.2, -0.15) is 0 Å². The van der Waals surface area contributed by atoms with Gasteiger partial charge in [0.05, 0.1) is 11.8 Å². The number of aryl methyl sites for hydroxylation is 1. The predicted octanol–water partition coefficient (Wildman–Crippen LogP) is 1.93. The van der Waals surface area contributed by atoms with Crippen molar-refractivity contribution in [3.05, 3.63) is 29.6 Å². The number of hydrogen-bond acceptors (Lipinski definition) is 2. The minimum Gasteiger partial charge on any atom is -0.392 e. The summed E-state index contributed by atoms with van der Waals surface area (Å²) in [5, 5.41) is 11.8. The second-order valence-corrected chi connectivity index (χ2v) is 3.21. The lowest BCUT2D eigenvalue weighted by Crippen LogP contribution is -2.16. The van der Waals surface area contributed by atoms with E-state index in [-0.39, 0.29) is 5.82 Å². The zero-order chi connectivity index (χ0) is 9.84. The van der Waals surface area contributed by atoms with Crippen LogP contribution in [0.1, 0.15) is 12.5 Å². The summed E-state index contributed by atoms with van der Waals surface area (Å²) >= 11 is 0.